The SMILES string of the molecule is CCCCNC(=O)/C(C#N)=c1\s/c(=C\c2c(F)cccc2Cl)c(=O)n1CCOC. The summed E-state index contributed by atoms with van der Waals surface area (Å²) in [5.41, 5.74) is -0.544. The number of carbonyl (C=O) groups excluding carboxylic acids is 1. The third kappa shape index (κ3) is 5.54. The molecule has 9 heteroatoms. The molecule has 0 aliphatic carbocycles. The van der Waals surface area contributed by atoms with Gasteiger partial charge < -0.3 is 10.1 Å². The average Bonchev–Trinajstić information content (AvgIpc) is 2.99. The number of thiazole rings is 1. The Morgan fingerprint density at radius 2 is 2.24 bits per heavy atom. The maximum Gasteiger partial charge on any atom is 0.269 e. The highest BCUT2D eigenvalue weighted by Gasteiger charge is 2.16. The number of nitrogens with zero attached hydrogens (tertiary/aromatic N) is 2. The van der Waals surface area contributed by atoms with Crippen LogP contribution in [-0.2, 0) is 16.1 Å². The van der Waals surface area contributed by atoms with Crippen molar-refractivity contribution in [3.8, 4) is 6.07 Å². The van der Waals surface area contributed by atoms with Crippen LogP contribution in [-0.4, -0.2) is 30.7 Å². The lowest BCUT2D eigenvalue weighted by molar-refractivity contribution is -0.115. The molecule has 1 aromatic carbocycles. The predicted molar refractivity (Wildman–Crippen MR) is 112 cm³/mol. The summed E-state index contributed by atoms with van der Waals surface area (Å²) in [5.74, 6) is -1.12. The largest absolute Gasteiger partial charge is 0.383 e. The van der Waals surface area contributed by atoms with Crippen LogP contribution >= 0.6 is 22.9 Å². The van der Waals surface area contributed by atoms with E-state index >= 15 is 0 Å². The Labute approximate surface area is 176 Å². The molecule has 1 heterocycles. The number of amides is 1. The van der Waals surface area contributed by atoms with Gasteiger partial charge in [0.2, 0.25) is 0 Å². The zero-order valence-corrected chi connectivity index (χ0v) is 17.7. The normalized spacial score (nSPS) is 12.6. The van der Waals surface area contributed by atoms with Gasteiger partial charge in [-0.1, -0.05) is 31.0 Å². The maximum atomic E-state index is 14.1. The van der Waals surface area contributed by atoms with E-state index in [-0.39, 0.29) is 38.5 Å². The maximum absolute atomic E-state index is 14.1. The van der Waals surface area contributed by atoms with Crippen molar-refractivity contribution in [1.29, 1.82) is 5.26 Å². The molecular weight excluding hydrogens is 417 g/mol. The number of ether oxygens (including phenoxy) is 1. The van der Waals surface area contributed by atoms with Crippen molar-refractivity contribution in [1.82, 2.24) is 9.88 Å². The molecule has 0 atom stereocenters. The molecule has 0 aliphatic rings. The van der Waals surface area contributed by atoms with Crippen LogP contribution in [0.25, 0.3) is 11.6 Å². The molecule has 2 rings (SSSR count). The zero-order chi connectivity index (χ0) is 21.4. The molecule has 0 unspecified atom stereocenters. The second-order valence-electron chi connectivity index (χ2n) is 6.10. The monoisotopic (exact) mass is 437 g/mol. The van der Waals surface area contributed by atoms with Crippen molar-refractivity contribution in [3.05, 3.63) is 54.2 Å². The van der Waals surface area contributed by atoms with Crippen LogP contribution in [0.4, 0.5) is 4.39 Å². The van der Waals surface area contributed by atoms with Gasteiger partial charge in [-0.3, -0.25) is 14.2 Å². The molecule has 0 spiro atoms. The lowest BCUT2D eigenvalue weighted by Gasteiger charge is -2.04. The molecule has 0 saturated carbocycles. The number of aromatic nitrogens is 1. The summed E-state index contributed by atoms with van der Waals surface area (Å²) in [7, 11) is 1.48. The molecule has 0 aliphatic heterocycles. The third-order valence-electron chi connectivity index (χ3n) is 4.07. The Morgan fingerprint density at radius 3 is 2.86 bits per heavy atom. The van der Waals surface area contributed by atoms with E-state index in [0.29, 0.717) is 6.54 Å². The molecule has 0 bridgehead atoms. The molecule has 2 aromatic rings. The number of halogens is 2. The lowest BCUT2D eigenvalue weighted by Crippen LogP contribution is -2.36. The Balaban J connectivity index is 2.71. The molecule has 154 valence electrons. The Hall–Kier alpha value is -2.47. The van der Waals surface area contributed by atoms with Gasteiger partial charge in [-0.2, -0.15) is 5.26 Å². The standard InChI is InChI=1S/C20H21ClFN3O3S/c1-3-4-8-24-18(26)14(12-23)20-25(9-10-28-2)19(27)17(29-20)11-13-15(21)6-5-7-16(13)22/h5-7,11H,3-4,8-10H2,1-2H3,(H,24,26)/b17-11-,20-14-. The van der Waals surface area contributed by atoms with Gasteiger partial charge in [-0.05, 0) is 24.6 Å². The van der Waals surface area contributed by atoms with Crippen LogP contribution in [0.5, 0.6) is 0 Å². The van der Waals surface area contributed by atoms with Gasteiger partial charge in [0.1, 0.15) is 16.5 Å². The van der Waals surface area contributed by atoms with Crippen LogP contribution in [0.1, 0.15) is 25.3 Å². The first-order chi connectivity index (χ1) is 13.9. The molecular formula is C20H21ClFN3O3S. The smallest absolute Gasteiger partial charge is 0.269 e. The number of benzene rings is 1. The summed E-state index contributed by atoms with van der Waals surface area (Å²) >= 11 is 7.00. The van der Waals surface area contributed by atoms with Crippen molar-refractivity contribution >= 4 is 40.5 Å². The molecule has 0 radical (unpaired) electrons. The molecule has 1 aromatic heterocycles. The summed E-state index contributed by atoms with van der Waals surface area (Å²) in [6, 6.07) is 6.11. The first-order valence-corrected chi connectivity index (χ1v) is 10.2. The van der Waals surface area contributed by atoms with Crippen molar-refractivity contribution < 1.29 is 13.9 Å². The van der Waals surface area contributed by atoms with Gasteiger partial charge in [0.25, 0.3) is 11.5 Å². The number of carbonyl (C=O) groups is 1. The van der Waals surface area contributed by atoms with E-state index < -0.39 is 17.3 Å². The molecule has 0 fully saturated rings. The van der Waals surface area contributed by atoms with E-state index in [1.54, 1.807) is 0 Å². The van der Waals surface area contributed by atoms with Crippen LogP contribution < -0.4 is 20.1 Å². The molecule has 6 nitrogen and oxygen atoms in total. The van der Waals surface area contributed by atoms with Crippen LogP contribution in [0.2, 0.25) is 5.02 Å². The van der Waals surface area contributed by atoms with Crippen LogP contribution in [0.3, 0.4) is 0 Å². The molecule has 0 saturated heterocycles. The summed E-state index contributed by atoms with van der Waals surface area (Å²) in [6.45, 7) is 2.77. The highest BCUT2D eigenvalue weighted by atomic mass is 35.5. The lowest BCUT2D eigenvalue weighted by atomic mass is 10.2. The van der Waals surface area contributed by atoms with Gasteiger partial charge in [0, 0.05) is 19.2 Å². The fourth-order valence-electron chi connectivity index (χ4n) is 2.53. The Bertz CT molecular complexity index is 1080. The second kappa shape index (κ2) is 10.9. The topological polar surface area (TPSA) is 84.1 Å². The Morgan fingerprint density at radius 1 is 1.48 bits per heavy atom. The average molecular weight is 438 g/mol. The number of hydrogen-bond donors (Lipinski definition) is 1. The van der Waals surface area contributed by atoms with Crippen LogP contribution in [0.15, 0.2) is 23.0 Å². The minimum Gasteiger partial charge on any atom is -0.383 e. The van der Waals surface area contributed by atoms with E-state index in [2.05, 4.69) is 5.32 Å². The molecule has 29 heavy (non-hydrogen) atoms. The van der Waals surface area contributed by atoms with Crippen molar-refractivity contribution in [3.63, 3.8) is 0 Å². The minimum absolute atomic E-state index is 0.0730. The van der Waals surface area contributed by atoms with E-state index in [1.165, 1.54) is 36.0 Å². The summed E-state index contributed by atoms with van der Waals surface area (Å²) < 4.78 is 20.8. The number of unbranched alkanes of at least 4 members (excludes halogenated alkanes) is 1. The van der Waals surface area contributed by atoms with E-state index in [9.17, 15) is 19.2 Å². The third-order valence-corrected chi connectivity index (χ3v) is 5.53. The van der Waals surface area contributed by atoms with E-state index in [0.717, 1.165) is 24.2 Å². The second-order valence-corrected chi connectivity index (χ2v) is 7.53. The highest BCUT2D eigenvalue weighted by molar-refractivity contribution is 7.07. The van der Waals surface area contributed by atoms with Crippen molar-refractivity contribution in [2.45, 2.75) is 26.3 Å². The first kappa shape index (κ1) is 22.8. The number of nitriles is 1. The van der Waals surface area contributed by atoms with Gasteiger partial charge in [0.05, 0.1) is 22.7 Å². The summed E-state index contributed by atoms with van der Waals surface area (Å²) in [4.78, 5) is 25.4. The summed E-state index contributed by atoms with van der Waals surface area (Å²) in [6.07, 6.45) is 3.00. The fraction of sp³-hybridized carbons (Fsp3) is 0.350. The fourth-order valence-corrected chi connectivity index (χ4v) is 3.86. The Kier molecular flexibility index (Phi) is 8.58. The van der Waals surface area contributed by atoms with Gasteiger partial charge in [-0.25, -0.2) is 4.39 Å². The van der Waals surface area contributed by atoms with Crippen molar-refractivity contribution in [2.24, 2.45) is 0 Å². The van der Waals surface area contributed by atoms with E-state index in [4.69, 9.17) is 16.3 Å². The quantitative estimate of drug-likeness (QED) is 0.638. The van der Waals surface area contributed by atoms with Gasteiger partial charge >= 0.3 is 0 Å². The van der Waals surface area contributed by atoms with Gasteiger partial charge in [0.15, 0.2) is 5.57 Å². The number of hydrogen-bond acceptors (Lipinski definition) is 5. The summed E-state index contributed by atoms with van der Waals surface area (Å²) in [5, 5.41) is 12.4. The predicted octanol–water partition coefficient (Wildman–Crippen LogP) is 1.77. The minimum atomic E-state index is -0.572. The highest BCUT2D eigenvalue weighted by Crippen LogP contribution is 2.19. The first-order valence-electron chi connectivity index (χ1n) is 9.01. The number of nitrogens with one attached hydrogen (secondary N) is 1. The number of rotatable bonds is 8. The van der Waals surface area contributed by atoms with Crippen LogP contribution in [0, 0.1) is 17.1 Å². The van der Waals surface area contributed by atoms with Gasteiger partial charge in [-0.15, -0.1) is 11.3 Å². The zero-order valence-electron chi connectivity index (χ0n) is 16.1. The van der Waals surface area contributed by atoms with Crippen molar-refractivity contribution in [2.75, 3.05) is 20.3 Å². The van der Waals surface area contributed by atoms with E-state index in [1.807, 2.05) is 13.0 Å². The number of methoxy groups -OCH3 is 1. The molecule has 1 N–H and O–H groups in total. The molecule has 1 amide bonds.